The molecule has 200 valence electrons. The van der Waals surface area contributed by atoms with Gasteiger partial charge in [-0.3, -0.25) is 9.78 Å². The van der Waals surface area contributed by atoms with Gasteiger partial charge in [0.15, 0.2) is 5.11 Å². The highest BCUT2D eigenvalue weighted by Crippen LogP contribution is 2.45. The van der Waals surface area contributed by atoms with Crippen LogP contribution in [0.2, 0.25) is 10.0 Å². The molecule has 1 fully saturated rings. The maximum Gasteiger partial charge on any atom is 0.221 e. The first-order valence-corrected chi connectivity index (χ1v) is 13.5. The second-order valence-electron chi connectivity index (χ2n) is 9.30. The van der Waals surface area contributed by atoms with Crippen molar-refractivity contribution in [3.05, 3.63) is 99.6 Å². The molecule has 0 spiro atoms. The van der Waals surface area contributed by atoms with Crippen molar-refractivity contribution in [1.82, 2.24) is 14.9 Å². The van der Waals surface area contributed by atoms with Gasteiger partial charge < -0.3 is 24.8 Å². The summed E-state index contributed by atoms with van der Waals surface area (Å²) >= 11 is 18.9. The maximum absolute atomic E-state index is 11.9. The van der Waals surface area contributed by atoms with Gasteiger partial charge in [0.05, 0.1) is 46.3 Å². The number of aryl methyl sites for hydroxylation is 1. The van der Waals surface area contributed by atoms with Gasteiger partial charge in [-0.05, 0) is 80.2 Å². The van der Waals surface area contributed by atoms with Crippen LogP contribution in [0.4, 0.5) is 11.4 Å². The molecule has 3 heterocycles. The van der Waals surface area contributed by atoms with Crippen LogP contribution in [0, 0.1) is 13.8 Å². The topological polar surface area (TPSA) is 71.4 Å². The van der Waals surface area contributed by atoms with Crippen LogP contribution in [-0.2, 0) is 4.79 Å². The molecular formula is C29H27Cl2N5O2S. The van der Waals surface area contributed by atoms with Gasteiger partial charge in [-0.15, -0.1) is 0 Å². The standard InChI is InChI=1S/C29H27Cl2N5O2S/c1-16-14-20(17(2)35(16)24-10-7-8-21(30)26(24)31)28-27(22-9-5-6-13-32-22)34-29(39)36(28)19-11-12-25(38-4)23(15-19)33-18(3)37/h5-15,27-28H,1-4H3,(H,33,37)(H,34,39)/t27-,28+/m1/s1. The number of thiocarbonyl (C=S) groups is 1. The Bertz CT molecular complexity index is 1570. The van der Waals surface area contributed by atoms with E-state index in [4.69, 9.17) is 40.2 Å². The van der Waals surface area contributed by atoms with Crippen molar-refractivity contribution >= 4 is 57.8 Å². The predicted octanol–water partition coefficient (Wildman–Crippen LogP) is 6.94. The number of carbonyl (C=O) groups excluding carboxylic acids is 1. The summed E-state index contributed by atoms with van der Waals surface area (Å²) in [5.41, 5.74) is 6.05. The Kier molecular flexibility index (Phi) is 7.53. The lowest BCUT2D eigenvalue weighted by atomic mass is 9.96. The zero-order valence-electron chi connectivity index (χ0n) is 21.8. The van der Waals surface area contributed by atoms with E-state index in [0.717, 1.165) is 34.0 Å². The second kappa shape index (κ2) is 10.9. The molecule has 4 aromatic rings. The Morgan fingerprint density at radius 1 is 1.10 bits per heavy atom. The molecule has 2 aromatic carbocycles. The Morgan fingerprint density at radius 3 is 2.59 bits per heavy atom. The second-order valence-corrected chi connectivity index (χ2v) is 10.5. The van der Waals surface area contributed by atoms with Gasteiger partial charge in [0.2, 0.25) is 5.91 Å². The summed E-state index contributed by atoms with van der Waals surface area (Å²) in [5.74, 6) is 0.357. The smallest absolute Gasteiger partial charge is 0.221 e. The lowest BCUT2D eigenvalue weighted by Crippen LogP contribution is -2.29. The van der Waals surface area contributed by atoms with E-state index in [0.29, 0.717) is 26.6 Å². The zero-order chi connectivity index (χ0) is 27.8. The molecule has 2 aromatic heterocycles. The molecule has 0 unspecified atom stereocenters. The van der Waals surface area contributed by atoms with E-state index in [1.54, 1.807) is 19.4 Å². The van der Waals surface area contributed by atoms with Gasteiger partial charge in [0.1, 0.15) is 5.75 Å². The molecule has 0 aliphatic carbocycles. The van der Waals surface area contributed by atoms with Gasteiger partial charge in [0, 0.05) is 30.2 Å². The molecule has 1 saturated heterocycles. The van der Waals surface area contributed by atoms with E-state index < -0.39 is 0 Å². The van der Waals surface area contributed by atoms with Crippen molar-refractivity contribution in [3.63, 3.8) is 0 Å². The molecule has 10 heteroatoms. The van der Waals surface area contributed by atoms with E-state index in [1.807, 2.05) is 55.5 Å². The first-order valence-electron chi connectivity index (χ1n) is 12.3. The predicted molar refractivity (Wildman–Crippen MR) is 160 cm³/mol. The molecule has 1 aliphatic heterocycles. The molecule has 0 radical (unpaired) electrons. The van der Waals surface area contributed by atoms with Crippen LogP contribution >= 0.6 is 35.4 Å². The summed E-state index contributed by atoms with van der Waals surface area (Å²) < 4.78 is 7.59. The average Bonchev–Trinajstić information content (AvgIpc) is 3.41. The zero-order valence-corrected chi connectivity index (χ0v) is 24.2. The lowest BCUT2D eigenvalue weighted by Gasteiger charge is -2.29. The minimum Gasteiger partial charge on any atom is -0.495 e. The van der Waals surface area contributed by atoms with Gasteiger partial charge in [-0.25, -0.2) is 0 Å². The summed E-state index contributed by atoms with van der Waals surface area (Å²) in [6, 6.07) is 18.7. The third kappa shape index (κ3) is 4.95. The third-order valence-corrected chi connectivity index (χ3v) is 7.95. The number of benzene rings is 2. The molecule has 1 amide bonds. The fourth-order valence-corrected chi connectivity index (χ4v) is 5.93. The molecule has 2 atom stereocenters. The van der Waals surface area contributed by atoms with Crippen LogP contribution in [0.3, 0.4) is 0 Å². The highest BCUT2D eigenvalue weighted by atomic mass is 35.5. The molecule has 5 rings (SSSR count). The Balaban J connectivity index is 1.70. The highest BCUT2D eigenvalue weighted by molar-refractivity contribution is 7.80. The van der Waals surface area contributed by atoms with Crippen molar-refractivity contribution in [2.75, 3.05) is 17.3 Å². The van der Waals surface area contributed by atoms with Gasteiger partial charge >= 0.3 is 0 Å². The van der Waals surface area contributed by atoms with Crippen LogP contribution in [0.15, 0.2) is 66.9 Å². The third-order valence-electron chi connectivity index (χ3n) is 6.83. The van der Waals surface area contributed by atoms with Crippen molar-refractivity contribution in [3.8, 4) is 11.4 Å². The van der Waals surface area contributed by atoms with E-state index in [2.05, 4.69) is 38.1 Å². The molecule has 7 nitrogen and oxygen atoms in total. The Hall–Kier alpha value is -3.59. The van der Waals surface area contributed by atoms with Crippen molar-refractivity contribution in [1.29, 1.82) is 0 Å². The fraction of sp³-hybridized carbons (Fsp3) is 0.207. The number of pyridine rings is 1. The summed E-state index contributed by atoms with van der Waals surface area (Å²) in [6.07, 6.45) is 1.77. The molecule has 1 aliphatic rings. The summed E-state index contributed by atoms with van der Waals surface area (Å²) in [5, 5.41) is 7.87. The number of hydrogen-bond acceptors (Lipinski definition) is 4. The normalized spacial score (nSPS) is 16.8. The molecule has 0 bridgehead atoms. The summed E-state index contributed by atoms with van der Waals surface area (Å²) in [6.45, 7) is 5.56. The number of amides is 1. The first-order chi connectivity index (χ1) is 18.7. The summed E-state index contributed by atoms with van der Waals surface area (Å²) in [4.78, 5) is 18.6. The number of nitrogens with zero attached hydrogens (tertiary/aromatic N) is 3. The SMILES string of the molecule is COc1ccc(N2C(=S)N[C@H](c3ccccn3)[C@@H]2c2cc(C)n(-c3cccc(Cl)c3Cl)c2C)cc1NC(C)=O. The monoisotopic (exact) mass is 579 g/mol. The minimum absolute atomic E-state index is 0.197. The van der Waals surface area contributed by atoms with Crippen LogP contribution in [0.1, 0.15) is 41.7 Å². The Morgan fingerprint density at radius 2 is 1.90 bits per heavy atom. The van der Waals surface area contributed by atoms with Gasteiger partial charge in [-0.2, -0.15) is 0 Å². The minimum atomic E-state index is -0.260. The lowest BCUT2D eigenvalue weighted by molar-refractivity contribution is -0.114. The van der Waals surface area contributed by atoms with Crippen LogP contribution < -0.4 is 20.3 Å². The number of rotatable bonds is 6. The van der Waals surface area contributed by atoms with Crippen LogP contribution in [-0.4, -0.2) is 27.7 Å². The fourth-order valence-electron chi connectivity index (χ4n) is 5.21. The molecule has 0 saturated carbocycles. The van der Waals surface area contributed by atoms with Gasteiger partial charge in [-0.1, -0.05) is 35.3 Å². The van der Waals surface area contributed by atoms with Crippen LogP contribution in [0.5, 0.6) is 5.75 Å². The number of anilines is 2. The Labute approximate surface area is 242 Å². The quantitative estimate of drug-likeness (QED) is 0.241. The number of nitrogens with one attached hydrogen (secondary N) is 2. The number of hydrogen-bond donors (Lipinski definition) is 2. The van der Waals surface area contributed by atoms with Gasteiger partial charge in [0.25, 0.3) is 0 Å². The first kappa shape index (κ1) is 27.0. The number of aromatic nitrogens is 2. The molecular weight excluding hydrogens is 553 g/mol. The van der Waals surface area contributed by atoms with E-state index in [1.165, 1.54) is 6.92 Å². The van der Waals surface area contributed by atoms with E-state index in [9.17, 15) is 4.79 Å². The maximum atomic E-state index is 11.9. The van der Waals surface area contributed by atoms with Crippen molar-refractivity contribution in [2.45, 2.75) is 32.9 Å². The average molecular weight is 581 g/mol. The highest BCUT2D eigenvalue weighted by Gasteiger charge is 2.42. The largest absolute Gasteiger partial charge is 0.495 e. The number of carbonyl (C=O) groups is 1. The number of halogens is 2. The van der Waals surface area contributed by atoms with E-state index >= 15 is 0 Å². The van der Waals surface area contributed by atoms with Crippen molar-refractivity contribution < 1.29 is 9.53 Å². The number of ether oxygens (including phenoxy) is 1. The van der Waals surface area contributed by atoms with Crippen LogP contribution in [0.25, 0.3) is 5.69 Å². The number of methoxy groups -OCH3 is 1. The van der Waals surface area contributed by atoms with Crippen molar-refractivity contribution in [2.24, 2.45) is 0 Å². The molecule has 39 heavy (non-hydrogen) atoms. The summed E-state index contributed by atoms with van der Waals surface area (Å²) in [7, 11) is 1.57. The van der Waals surface area contributed by atoms with E-state index in [-0.39, 0.29) is 18.0 Å². The molecule has 2 N–H and O–H groups in total.